The second kappa shape index (κ2) is 8.44. The Morgan fingerprint density at radius 2 is 1.91 bits per heavy atom. The number of benzene rings is 2. The van der Waals surface area contributed by atoms with Gasteiger partial charge in [-0.2, -0.15) is 5.10 Å². The van der Waals surface area contributed by atoms with E-state index in [1.54, 1.807) is 68.4 Å². The lowest BCUT2D eigenvalue weighted by molar-refractivity contribution is 0.0827. The molecule has 1 aromatic heterocycles. The molecule has 0 unspecified atom stereocenters. The Labute approximate surface area is 197 Å². The molecule has 3 aromatic rings. The highest BCUT2D eigenvalue weighted by Gasteiger charge is 2.34. The number of carbonyl (C=O) groups is 2. The topological polar surface area (TPSA) is 85.7 Å². The van der Waals surface area contributed by atoms with E-state index in [0.717, 1.165) is 5.56 Å². The predicted octanol–water partition coefficient (Wildman–Crippen LogP) is 4.53. The first kappa shape index (κ1) is 22.7. The minimum absolute atomic E-state index is 0.160. The van der Waals surface area contributed by atoms with Gasteiger partial charge in [0.25, 0.3) is 11.8 Å². The molecule has 2 aromatic carbocycles. The van der Waals surface area contributed by atoms with E-state index < -0.39 is 5.60 Å². The second-order valence-corrected chi connectivity index (χ2v) is 9.17. The van der Waals surface area contributed by atoms with Crippen LogP contribution in [0, 0.1) is 0 Å². The third kappa shape index (κ3) is 4.80. The first-order chi connectivity index (χ1) is 15.5. The van der Waals surface area contributed by atoms with Crippen LogP contribution < -0.4 is 14.8 Å². The zero-order valence-electron chi connectivity index (χ0n) is 19.1. The maximum absolute atomic E-state index is 12.9. The van der Waals surface area contributed by atoms with Gasteiger partial charge in [0, 0.05) is 56.5 Å². The number of nitrogens with one attached hydrogen (secondary N) is 1. The molecular formula is C24H25ClN4O4. The van der Waals surface area contributed by atoms with Crippen molar-refractivity contribution >= 4 is 29.2 Å². The standard InChI is InChI=1S/C24H25ClN4O4/c1-24(2)13-16-19(32-18-7-6-14(10-17(18)25)23(31)28(3)4)11-15(12-20(16)33-24)22(30)26-21-8-9-29(5)27-21/h6-12H,13H2,1-5H3,(H,26,27,30). The van der Waals surface area contributed by atoms with Crippen LogP contribution >= 0.6 is 11.6 Å². The van der Waals surface area contributed by atoms with Gasteiger partial charge in [0.05, 0.1) is 5.02 Å². The Kier molecular flexibility index (Phi) is 5.80. The second-order valence-electron chi connectivity index (χ2n) is 8.77. The van der Waals surface area contributed by atoms with Crippen LogP contribution in [0.1, 0.15) is 40.1 Å². The summed E-state index contributed by atoms with van der Waals surface area (Å²) in [6.07, 6.45) is 2.35. The third-order valence-corrected chi connectivity index (χ3v) is 5.47. The summed E-state index contributed by atoms with van der Waals surface area (Å²) in [5.74, 6) is 1.37. The molecule has 0 bridgehead atoms. The van der Waals surface area contributed by atoms with Crippen LogP contribution in [0.4, 0.5) is 5.82 Å². The van der Waals surface area contributed by atoms with Crippen LogP contribution in [0.25, 0.3) is 0 Å². The van der Waals surface area contributed by atoms with E-state index >= 15 is 0 Å². The van der Waals surface area contributed by atoms with Crippen LogP contribution in [-0.4, -0.2) is 46.2 Å². The molecule has 9 heteroatoms. The number of aromatic nitrogens is 2. The zero-order chi connectivity index (χ0) is 23.9. The van der Waals surface area contributed by atoms with Crippen molar-refractivity contribution in [3.05, 3.63) is 64.3 Å². The van der Waals surface area contributed by atoms with Crippen molar-refractivity contribution in [3.8, 4) is 17.2 Å². The van der Waals surface area contributed by atoms with Crippen molar-refractivity contribution in [1.82, 2.24) is 14.7 Å². The molecule has 0 radical (unpaired) electrons. The SMILES string of the molecule is CN(C)C(=O)c1ccc(Oc2cc(C(=O)Nc3ccn(C)n3)cc3c2CC(C)(C)O3)c(Cl)c1. The molecule has 1 N–H and O–H groups in total. The van der Waals surface area contributed by atoms with Crippen molar-refractivity contribution in [2.24, 2.45) is 7.05 Å². The fourth-order valence-electron chi connectivity index (χ4n) is 3.63. The lowest BCUT2D eigenvalue weighted by Crippen LogP contribution is -2.24. The van der Waals surface area contributed by atoms with Gasteiger partial charge in [0.1, 0.15) is 22.8 Å². The Hall–Kier alpha value is -3.52. The summed E-state index contributed by atoms with van der Waals surface area (Å²) in [6, 6.07) is 9.94. The lowest BCUT2D eigenvalue weighted by Gasteiger charge is -2.16. The van der Waals surface area contributed by atoms with Crippen molar-refractivity contribution in [2.45, 2.75) is 25.9 Å². The van der Waals surface area contributed by atoms with E-state index in [1.807, 2.05) is 13.8 Å². The summed E-state index contributed by atoms with van der Waals surface area (Å²) >= 11 is 6.43. The fraction of sp³-hybridized carbons (Fsp3) is 0.292. The quantitative estimate of drug-likeness (QED) is 0.594. The summed E-state index contributed by atoms with van der Waals surface area (Å²) in [6.45, 7) is 3.94. The first-order valence-electron chi connectivity index (χ1n) is 10.4. The molecule has 1 aliphatic heterocycles. The molecule has 0 saturated carbocycles. The van der Waals surface area contributed by atoms with E-state index in [1.165, 1.54) is 4.90 Å². The van der Waals surface area contributed by atoms with E-state index in [0.29, 0.717) is 40.6 Å². The van der Waals surface area contributed by atoms with Crippen LogP contribution in [0.5, 0.6) is 17.2 Å². The minimum Gasteiger partial charge on any atom is -0.487 e. The van der Waals surface area contributed by atoms with Gasteiger partial charge in [0.2, 0.25) is 0 Å². The van der Waals surface area contributed by atoms with Crippen LogP contribution in [0.15, 0.2) is 42.6 Å². The molecule has 33 heavy (non-hydrogen) atoms. The molecule has 0 aliphatic carbocycles. The van der Waals surface area contributed by atoms with Crippen LogP contribution in [0.2, 0.25) is 5.02 Å². The molecule has 4 rings (SSSR count). The number of aryl methyl sites for hydroxylation is 1. The Morgan fingerprint density at radius 1 is 1.15 bits per heavy atom. The van der Waals surface area contributed by atoms with Gasteiger partial charge >= 0.3 is 0 Å². The first-order valence-corrected chi connectivity index (χ1v) is 10.8. The predicted molar refractivity (Wildman–Crippen MR) is 126 cm³/mol. The number of fused-ring (bicyclic) bond motifs is 1. The molecule has 0 fully saturated rings. The highest BCUT2D eigenvalue weighted by molar-refractivity contribution is 6.32. The number of anilines is 1. The highest BCUT2D eigenvalue weighted by atomic mass is 35.5. The van der Waals surface area contributed by atoms with Gasteiger partial charge in [-0.15, -0.1) is 0 Å². The molecule has 1 aliphatic rings. The molecule has 2 heterocycles. The highest BCUT2D eigenvalue weighted by Crippen LogP contribution is 2.44. The third-order valence-electron chi connectivity index (χ3n) is 5.18. The number of rotatable bonds is 5. The van der Waals surface area contributed by atoms with Crippen LogP contribution in [-0.2, 0) is 13.5 Å². The van der Waals surface area contributed by atoms with Gasteiger partial charge in [-0.3, -0.25) is 14.3 Å². The number of carbonyl (C=O) groups excluding carboxylic acids is 2. The zero-order valence-corrected chi connectivity index (χ0v) is 19.9. The van der Waals surface area contributed by atoms with E-state index in [-0.39, 0.29) is 16.8 Å². The maximum Gasteiger partial charge on any atom is 0.257 e. The maximum atomic E-state index is 12.9. The number of halogens is 1. The molecule has 0 atom stereocenters. The summed E-state index contributed by atoms with van der Waals surface area (Å²) < 4.78 is 13.8. The van der Waals surface area contributed by atoms with Gasteiger partial charge in [-0.25, -0.2) is 0 Å². The largest absolute Gasteiger partial charge is 0.487 e. The summed E-state index contributed by atoms with van der Waals surface area (Å²) in [7, 11) is 5.12. The van der Waals surface area contributed by atoms with Crippen molar-refractivity contribution in [1.29, 1.82) is 0 Å². The molecule has 8 nitrogen and oxygen atoms in total. The van der Waals surface area contributed by atoms with Gasteiger partial charge < -0.3 is 19.7 Å². The van der Waals surface area contributed by atoms with E-state index in [9.17, 15) is 9.59 Å². The van der Waals surface area contributed by atoms with Crippen molar-refractivity contribution < 1.29 is 19.1 Å². The minimum atomic E-state index is -0.442. The molecule has 172 valence electrons. The Balaban J connectivity index is 1.67. The molecule has 0 saturated heterocycles. The Bertz CT molecular complexity index is 1250. The van der Waals surface area contributed by atoms with E-state index in [4.69, 9.17) is 21.1 Å². The van der Waals surface area contributed by atoms with E-state index in [2.05, 4.69) is 10.4 Å². The summed E-state index contributed by atoms with van der Waals surface area (Å²) in [5.41, 5.74) is 1.22. The Morgan fingerprint density at radius 3 is 2.55 bits per heavy atom. The van der Waals surface area contributed by atoms with Gasteiger partial charge in [-0.1, -0.05) is 11.6 Å². The molecular weight excluding hydrogens is 444 g/mol. The number of nitrogens with zero attached hydrogens (tertiary/aromatic N) is 3. The number of amides is 2. The number of hydrogen-bond donors (Lipinski definition) is 1. The summed E-state index contributed by atoms with van der Waals surface area (Å²) in [4.78, 5) is 26.6. The number of ether oxygens (including phenoxy) is 2. The smallest absolute Gasteiger partial charge is 0.257 e. The van der Waals surface area contributed by atoms with Gasteiger partial charge in [-0.05, 0) is 44.2 Å². The molecule has 2 amide bonds. The van der Waals surface area contributed by atoms with Crippen LogP contribution in [0.3, 0.4) is 0 Å². The van der Waals surface area contributed by atoms with Crippen molar-refractivity contribution in [3.63, 3.8) is 0 Å². The number of hydrogen-bond acceptors (Lipinski definition) is 5. The normalized spacial score (nSPS) is 13.8. The monoisotopic (exact) mass is 468 g/mol. The van der Waals surface area contributed by atoms with Crippen molar-refractivity contribution in [2.75, 3.05) is 19.4 Å². The average Bonchev–Trinajstić information content (AvgIpc) is 3.29. The lowest BCUT2D eigenvalue weighted by atomic mass is 9.99. The molecule has 0 spiro atoms. The van der Waals surface area contributed by atoms with Gasteiger partial charge in [0.15, 0.2) is 5.82 Å². The summed E-state index contributed by atoms with van der Waals surface area (Å²) in [5, 5.41) is 7.25. The fourth-order valence-corrected chi connectivity index (χ4v) is 3.85. The average molecular weight is 469 g/mol.